The first-order chi connectivity index (χ1) is 13.8. The van der Waals surface area contributed by atoms with E-state index in [1.165, 1.54) is 23.1 Å². The van der Waals surface area contributed by atoms with E-state index in [0.29, 0.717) is 22.9 Å². The van der Waals surface area contributed by atoms with Gasteiger partial charge in [-0.15, -0.1) is 0 Å². The summed E-state index contributed by atoms with van der Waals surface area (Å²) >= 11 is 11.9. The van der Waals surface area contributed by atoms with Gasteiger partial charge in [0.2, 0.25) is 5.91 Å². The molecule has 2 amide bonds. The van der Waals surface area contributed by atoms with Crippen molar-refractivity contribution in [3.05, 3.63) is 63.9 Å². The molecule has 0 aliphatic heterocycles. The van der Waals surface area contributed by atoms with Crippen LogP contribution in [0.2, 0.25) is 10.0 Å². The third kappa shape index (κ3) is 6.91. The van der Waals surface area contributed by atoms with Crippen LogP contribution >= 0.6 is 23.2 Å². The van der Waals surface area contributed by atoms with Crippen molar-refractivity contribution < 1.29 is 18.7 Å². The first kappa shape index (κ1) is 23.0. The van der Waals surface area contributed by atoms with Crippen LogP contribution in [0.5, 0.6) is 5.75 Å². The number of hydrogen-bond acceptors (Lipinski definition) is 3. The monoisotopic (exact) mass is 440 g/mol. The molecule has 1 N–H and O–H groups in total. The molecule has 156 valence electrons. The highest BCUT2D eigenvalue weighted by atomic mass is 35.5. The maximum Gasteiger partial charge on any atom is 0.261 e. The lowest BCUT2D eigenvalue weighted by molar-refractivity contribution is -0.142. The fourth-order valence-corrected chi connectivity index (χ4v) is 3.04. The quantitative estimate of drug-likeness (QED) is 0.626. The second kappa shape index (κ2) is 11.0. The number of benzene rings is 2. The molecule has 0 saturated carbocycles. The smallest absolute Gasteiger partial charge is 0.261 e. The van der Waals surface area contributed by atoms with Crippen molar-refractivity contribution in [2.24, 2.45) is 0 Å². The van der Waals surface area contributed by atoms with E-state index >= 15 is 0 Å². The van der Waals surface area contributed by atoms with E-state index in [2.05, 4.69) is 5.32 Å². The lowest BCUT2D eigenvalue weighted by Crippen LogP contribution is -2.49. The number of amides is 2. The average molecular weight is 441 g/mol. The van der Waals surface area contributed by atoms with E-state index < -0.39 is 11.9 Å². The highest BCUT2D eigenvalue weighted by Crippen LogP contribution is 2.27. The number of hydrogen-bond donors (Lipinski definition) is 1. The van der Waals surface area contributed by atoms with Gasteiger partial charge in [-0.3, -0.25) is 9.59 Å². The Morgan fingerprint density at radius 3 is 2.48 bits per heavy atom. The van der Waals surface area contributed by atoms with Crippen LogP contribution in [0.4, 0.5) is 4.39 Å². The molecule has 0 unspecified atom stereocenters. The highest BCUT2D eigenvalue weighted by Gasteiger charge is 2.26. The molecule has 2 aromatic rings. The molecule has 0 aromatic heterocycles. The number of rotatable bonds is 9. The summed E-state index contributed by atoms with van der Waals surface area (Å²) in [4.78, 5) is 26.7. The molecular formula is C21H23Cl2FN2O3. The Bertz CT molecular complexity index is 846. The zero-order valence-electron chi connectivity index (χ0n) is 16.3. The van der Waals surface area contributed by atoms with Crippen molar-refractivity contribution in [1.29, 1.82) is 0 Å². The molecule has 0 aliphatic carbocycles. The number of nitrogens with zero attached hydrogens (tertiary/aromatic N) is 1. The summed E-state index contributed by atoms with van der Waals surface area (Å²) in [5, 5.41) is 3.52. The van der Waals surface area contributed by atoms with Gasteiger partial charge in [-0.1, -0.05) is 42.3 Å². The number of nitrogens with one attached hydrogen (secondary N) is 1. The first-order valence-corrected chi connectivity index (χ1v) is 9.97. The molecule has 1 atom stereocenters. The van der Waals surface area contributed by atoms with E-state index in [0.717, 1.165) is 6.42 Å². The van der Waals surface area contributed by atoms with Crippen molar-refractivity contribution in [3.8, 4) is 5.75 Å². The molecule has 8 heteroatoms. The van der Waals surface area contributed by atoms with Gasteiger partial charge in [-0.25, -0.2) is 4.39 Å². The summed E-state index contributed by atoms with van der Waals surface area (Å²) in [5.74, 6) is -0.735. The maximum atomic E-state index is 13.2. The summed E-state index contributed by atoms with van der Waals surface area (Å²) in [6, 6.07) is 9.72. The first-order valence-electron chi connectivity index (χ1n) is 9.21. The Hall–Kier alpha value is -2.31. The van der Waals surface area contributed by atoms with Crippen molar-refractivity contribution in [2.45, 2.75) is 32.9 Å². The zero-order chi connectivity index (χ0) is 21.4. The summed E-state index contributed by atoms with van der Waals surface area (Å²) in [6.07, 6.45) is 0.780. The van der Waals surface area contributed by atoms with Gasteiger partial charge in [0, 0.05) is 18.1 Å². The Morgan fingerprint density at radius 1 is 1.17 bits per heavy atom. The number of carbonyl (C=O) groups is 2. The van der Waals surface area contributed by atoms with Gasteiger partial charge in [0.1, 0.15) is 17.6 Å². The van der Waals surface area contributed by atoms with E-state index in [4.69, 9.17) is 27.9 Å². The molecule has 0 bridgehead atoms. The van der Waals surface area contributed by atoms with Crippen LogP contribution in [0.3, 0.4) is 0 Å². The zero-order valence-corrected chi connectivity index (χ0v) is 17.8. The number of carbonyl (C=O) groups excluding carboxylic acids is 2. The molecule has 29 heavy (non-hydrogen) atoms. The van der Waals surface area contributed by atoms with Gasteiger partial charge in [0.15, 0.2) is 6.61 Å². The lowest BCUT2D eigenvalue weighted by Gasteiger charge is -2.28. The topological polar surface area (TPSA) is 58.6 Å². The van der Waals surface area contributed by atoms with Gasteiger partial charge >= 0.3 is 0 Å². The van der Waals surface area contributed by atoms with Gasteiger partial charge in [-0.05, 0) is 49.2 Å². The van der Waals surface area contributed by atoms with Crippen molar-refractivity contribution in [2.75, 3.05) is 13.2 Å². The minimum Gasteiger partial charge on any atom is -0.482 e. The van der Waals surface area contributed by atoms with Crippen LogP contribution in [0, 0.1) is 5.82 Å². The van der Waals surface area contributed by atoms with Crippen LogP contribution < -0.4 is 10.1 Å². The van der Waals surface area contributed by atoms with Crippen molar-refractivity contribution in [1.82, 2.24) is 10.2 Å². The molecule has 0 saturated heterocycles. The van der Waals surface area contributed by atoms with E-state index in [1.807, 2.05) is 6.92 Å². The average Bonchev–Trinajstić information content (AvgIpc) is 2.70. The summed E-state index contributed by atoms with van der Waals surface area (Å²) in [7, 11) is 0. The molecule has 0 aliphatic rings. The van der Waals surface area contributed by atoms with Crippen molar-refractivity contribution >= 4 is 35.0 Å². The molecular weight excluding hydrogens is 418 g/mol. The molecule has 0 radical (unpaired) electrons. The number of halogens is 3. The molecule has 0 fully saturated rings. The summed E-state index contributed by atoms with van der Waals surface area (Å²) < 4.78 is 18.7. The SMILES string of the molecule is CCCNC(=O)[C@H](C)N(Cc1ccc(F)cc1)C(=O)COc1ccc(Cl)cc1Cl. The molecule has 2 aromatic carbocycles. The summed E-state index contributed by atoms with van der Waals surface area (Å²) in [5.41, 5.74) is 0.694. The van der Waals surface area contributed by atoms with Gasteiger partial charge in [-0.2, -0.15) is 0 Å². The van der Waals surface area contributed by atoms with Crippen LogP contribution in [0.1, 0.15) is 25.8 Å². The third-order valence-corrected chi connectivity index (χ3v) is 4.76. The lowest BCUT2D eigenvalue weighted by atomic mass is 10.1. The molecule has 5 nitrogen and oxygen atoms in total. The second-order valence-electron chi connectivity index (χ2n) is 6.48. The predicted octanol–water partition coefficient (Wildman–Crippen LogP) is 4.45. The normalized spacial score (nSPS) is 11.6. The molecule has 0 spiro atoms. The van der Waals surface area contributed by atoms with Crippen LogP contribution in [0.25, 0.3) is 0 Å². The van der Waals surface area contributed by atoms with Crippen LogP contribution in [-0.4, -0.2) is 35.9 Å². The fraction of sp³-hybridized carbons (Fsp3) is 0.333. The summed E-state index contributed by atoms with van der Waals surface area (Å²) in [6.45, 7) is 3.92. The fourth-order valence-electron chi connectivity index (χ4n) is 2.58. The highest BCUT2D eigenvalue weighted by molar-refractivity contribution is 6.35. The predicted molar refractivity (Wildman–Crippen MR) is 112 cm³/mol. The Kier molecular flexibility index (Phi) is 8.73. The van der Waals surface area contributed by atoms with E-state index in [-0.39, 0.29) is 29.9 Å². The third-order valence-electron chi connectivity index (χ3n) is 4.23. The Morgan fingerprint density at radius 2 is 1.86 bits per heavy atom. The molecule has 0 heterocycles. The second-order valence-corrected chi connectivity index (χ2v) is 7.32. The van der Waals surface area contributed by atoms with E-state index in [1.54, 1.807) is 31.2 Å². The van der Waals surface area contributed by atoms with E-state index in [9.17, 15) is 14.0 Å². The van der Waals surface area contributed by atoms with Gasteiger partial charge in [0.05, 0.1) is 5.02 Å². The molecule has 2 rings (SSSR count). The maximum absolute atomic E-state index is 13.2. The van der Waals surface area contributed by atoms with Gasteiger partial charge in [0.25, 0.3) is 5.91 Å². The van der Waals surface area contributed by atoms with Crippen LogP contribution in [-0.2, 0) is 16.1 Å². The van der Waals surface area contributed by atoms with Crippen LogP contribution in [0.15, 0.2) is 42.5 Å². The minimum atomic E-state index is -0.733. The minimum absolute atomic E-state index is 0.136. The van der Waals surface area contributed by atoms with Gasteiger partial charge < -0.3 is 15.0 Å². The standard InChI is InChI=1S/C21H23Cl2FN2O3/c1-3-10-25-21(28)14(2)26(12-15-4-7-17(24)8-5-15)20(27)13-29-19-9-6-16(22)11-18(19)23/h4-9,11,14H,3,10,12-13H2,1-2H3,(H,25,28)/t14-/m0/s1. The van der Waals surface area contributed by atoms with Crippen molar-refractivity contribution in [3.63, 3.8) is 0 Å². The Balaban J connectivity index is 2.14. The number of ether oxygens (including phenoxy) is 1. The Labute approximate surface area is 179 Å². The largest absolute Gasteiger partial charge is 0.482 e.